The highest BCUT2D eigenvalue weighted by molar-refractivity contribution is 6.22. The lowest BCUT2D eigenvalue weighted by atomic mass is 10.2. The van der Waals surface area contributed by atoms with E-state index in [1.54, 1.807) is 19.2 Å². The van der Waals surface area contributed by atoms with Gasteiger partial charge in [0, 0.05) is 13.7 Å². The van der Waals surface area contributed by atoms with Crippen molar-refractivity contribution in [1.29, 1.82) is 0 Å². The molecule has 5 nitrogen and oxygen atoms in total. The maximum atomic E-state index is 12.3. The molecule has 2 rings (SSSR count). The second-order valence-electron chi connectivity index (χ2n) is 4.96. The van der Waals surface area contributed by atoms with Gasteiger partial charge in [-0.15, -0.1) is 0 Å². The van der Waals surface area contributed by atoms with Gasteiger partial charge >= 0.3 is 0 Å². The largest absolute Gasteiger partial charge is 0.385 e. The SMILES string of the molecule is COCCCN[C@H]1CC(=O)N(c2ccc(C)cc2)C1=O. The monoisotopic (exact) mass is 276 g/mol. The number of imide groups is 1. The van der Waals surface area contributed by atoms with Crippen molar-refractivity contribution in [3.05, 3.63) is 29.8 Å². The zero-order valence-electron chi connectivity index (χ0n) is 11.9. The van der Waals surface area contributed by atoms with Crippen molar-refractivity contribution >= 4 is 17.5 Å². The van der Waals surface area contributed by atoms with Gasteiger partial charge in [-0.25, -0.2) is 4.90 Å². The lowest BCUT2D eigenvalue weighted by Gasteiger charge is -2.15. The minimum atomic E-state index is -0.416. The number of anilines is 1. The van der Waals surface area contributed by atoms with Crippen LogP contribution in [-0.4, -0.2) is 38.1 Å². The third kappa shape index (κ3) is 3.23. The smallest absolute Gasteiger partial charge is 0.251 e. The maximum Gasteiger partial charge on any atom is 0.251 e. The Bertz CT molecular complexity index is 484. The van der Waals surface area contributed by atoms with Gasteiger partial charge in [0.15, 0.2) is 0 Å². The van der Waals surface area contributed by atoms with Crippen molar-refractivity contribution in [2.45, 2.75) is 25.8 Å². The number of methoxy groups -OCH3 is 1. The lowest BCUT2D eigenvalue weighted by Crippen LogP contribution is -2.39. The summed E-state index contributed by atoms with van der Waals surface area (Å²) in [4.78, 5) is 25.6. The first-order valence-corrected chi connectivity index (χ1v) is 6.79. The Balaban J connectivity index is 2.00. The van der Waals surface area contributed by atoms with Crippen LogP contribution in [0.25, 0.3) is 0 Å². The third-order valence-corrected chi connectivity index (χ3v) is 3.35. The summed E-state index contributed by atoms with van der Waals surface area (Å²) in [5.74, 6) is -0.320. The van der Waals surface area contributed by atoms with Crippen LogP contribution in [0.4, 0.5) is 5.69 Å². The number of carbonyl (C=O) groups excluding carboxylic acids is 2. The summed E-state index contributed by atoms with van der Waals surface area (Å²) < 4.78 is 4.95. The maximum absolute atomic E-state index is 12.3. The molecule has 0 aliphatic carbocycles. The zero-order valence-corrected chi connectivity index (χ0v) is 11.9. The molecule has 1 aliphatic rings. The number of ether oxygens (including phenoxy) is 1. The number of hydrogen-bond acceptors (Lipinski definition) is 4. The average molecular weight is 276 g/mol. The molecule has 1 fully saturated rings. The normalized spacial score (nSPS) is 18.9. The number of carbonyl (C=O) groups is 2. The van der Waals surface area contributed by atoms with Crippen LogP contribution in [0.3, 0.4) is 0 Å². The van der Waals surface area contributed by atoms with E-state index >= 15 is 0 Å². The highest BCUT2D eigenvalue weighted by atomic mass is 16.5. The highest BCUT2D eigenvalue weighted by Gasteiger charge is 2.38. The van der Waals surface area contributed by atoms with Gasteiger partial charge in [0.25, 0.3) is 5.91 Å². The average Bonchev–Trinajstić information content (AvgIpc) is 2.71. The molecule has 1 heterocycles. The van der Waals surface area contributed by atoms with Gasteiger partial charge in [-0.1, -0.05) is 17.7 Å². The number of nitrogens with zero attached hydrogens (tertiary/aromatic N) is 1. The lowest BCUT2D eigenvalue weighted by molar-refractivity contribution is -0.121. The van der Waals surface area contributed by atoms with Crippen molar-refractivity contribution in [2.24, 2.45) is 0 Å². The molecule has 1 aliphatic heterocycles. The summed E-state index contributed by atoms with van der Waals surface area (Å²) in [5.41, 5.74) is 1.74. The number of hydrogen-bond donors (Lipinski definition) is 1. The fraction of sp³-hybridized carbons (Fsp3) is 0.467. The Morgan fingerprint density at radius 1 is 1.30 bits per heavy atom. The Morgan fingerprint density at radius 2 is 2.00 bits per heavy atom. The summed E-state index contributed by atoms with van der Waals surface area (Å²) in [5, 5.41) is 3.12. The Kier molecular flexibility index (Phi) is 4.87. The van der Waals surface area contributed by atoms with Crippen LogP contribution in [0.15, 0.2) is 24.3 Å². The second-order valence-corrected chi connectivity index (χ2v) is 4.96. The van der Waals surface area contributed by atoms with E-state index in [1.807, 2.05) is 19.1 Å². The number of amides is 2. The summed E-state index contributed by atoms with van der Waals surface area (Å²) in [6.45, 7) is 3.28. The molecular weight excluding hydrogens is 256 g/mol. The van der Waals surface area contributed by atoms with E-state index in [0.717, 1.165) is 12.0 Å². The molecule has 20 heavy (non-hydrogen) atoms. The fourth-order valence-electron chi connectivity index (χ4n) is 2.25. The fourth-order valence-corrected chi connectivity index (χ4v) is 2.25. The van der Waals surface area contributed by atoms with Gasteiger partial charge < -0.3 is 10.1 Å². The molecule has 0 radical (unpaired) electrons. The Hall–Kier alpha value is -1.72. The van der Waals surface area contributed by atoms with Crippen LogP contribution >= 0.6 is 0 Å². The standard InChI is InChI=1S/C15H20N2O3/c1-11-4-6-12(7-5-11)17-14(18)10-13(15(17)19)16-8-3-9-20-2/h4-7,13,16H,3,8-10H2,1-2H3/t13-/m0/s1. The molecule has 1 N–H and O–H groups in total. The van der Waals surface area contributed by atoms with E-state index in [4.69, 9.17) is 4.74 Å². The molecule has 0 bridgehead atoms. The molecule has 0 unspecified atom stereocenters. The highest BCUT2D eigenvalue weighted by Crippen LogP contribution is 2.23. The van der Waals surface area contributed by atoms with Crippen molar-refractivity contribution in [3.8, 4) is 0 Å². The van der Waals surface area contributed by atoms with Gasteiger partial charge in [-0.05, 0) is 32.0 Å². The molecule has 0 aromatic heterocycles. The first-order chi connectivity index (χ1) is 9.63. The summed E-state index contributed by atoms with van der Waals surface area (Å²) >= 11 is 0. The minimum Gasteiger partial charge on any atom is -0.385 e. The van der Waals surface area contributed by atoms with Crippen LogP contribution in [0.5, 0.6) is 0 Å². The molecule has 1 saturated heterocycles. The first kappa shape index (κ1) is 14.7. The van der Waals surface area contributed by atoms with E-state index in [1.165, 1.54) is 4.90 Å². The Morgan fingerprint density at radius 3 is 2.65 bits per heavy atom. The van der Waals surface area contributed by atoms with Crippen molar-refractivity contribution in [2.75, 3.05) is 25.2 Å². The third-order valence-electron chi connectivity index (χ3n) is 3.35. The predicted octanol–water partition coefficient (Wildman–Crippen LogP) is 1.25. The van der Waals surface area contributed by atoms with Crippen LogP contribution < -0.4 is 10.2 Å². The van der Waals surface area contributed by atoms with Crippen molar-refractivity contribution in [3.63, 3.8) is 0 Å². The molecule has 0 spiro atoms. The summed E-state index contributed by atoms with van der Waals surface area (Å²) in [6.07, 6.45) is 1.04. The zero-order chi connectivity index (χ0) is 14.5. The van der Waals surface area contributed by atoms with Gasteiger partial charge in [0.1, 0.15) is 0 Å². The van der Waals surface area contributed by atoms with E-state index in [-0.39, 0.29) is 18.2 Å². The van der Waals surface area contributed by atoms with Crippen molar-refractivity contribution in [1.82, 2.24) is 5.32 Å². The Labute approximate surface area is 118 Å². The molecule has 2 amide bonds. The topological polar surface area (TPSA) is 58.6 Å². The molecule has 1 aromatic carbocycles. The van der Waals surface area contributed by atoms with E-state index < -0.39 is 6.04 Å². The molecule has 1 aromatic rings. The number of aryl methyl sites for hydroxylation is 1. The molecule has 5 heteroatoms. The van der Waals surface area contributed by atoms with Crippen LogP contribution in [0.1, 0.15) is 18.4 Å². The number of benzene rings is 1. The number of rotatable bonds is 6. The quantitative estimate of drug-likeness (QED) is 0.627. The van der Waals surface area contributed by atoms with E-state index in [0.29, 0.717) is 18.8 Å². The van der Waals surface area contributed by atoms with E-state index in [9.17, 15) is 9.59 Å². The van der Waals surface area contributed by atoms with Crippen LogP contribution in [-0.2, 0) is 14.3 Å². The summed E-state index contributed by atoms with van der Waals surface area (Å²) in [6, 6.07) is 6.99. The molecular formula is C15H20N2O3. The summed E-state index contributed by atoms with van der Waals surface area (Å²) in [7, 11) is 1.64. The first-order valence-electron chi connectivity index (χ1n) is 6.79. The van der Waals surface area contributed by atoms with Gasteiger partial charge in [-0.2, -0.15) is 0 Å². The predicted molar refractivity (Wildman–Crippen MR) is 76.6 cm³/mol. The van der Waals surface area contributed by atoms with Gasteiger partial charge in [-0.3, -0.25) is 9.59 Å². The van der Waals surface area contributed by atoms with Gasteiger partial charge in [0.2, 0.25) is 5.91 Å². The van der Waals surface area contributed by atoms with E-state index in [2.05, 4.69) is 5.32 Å². The van der Waals surface area contributed by atoms with Gasteiger partial charge in [0.05, 0.1) is 18.2 Å². The van der Waals surface area contributed by atoms with Crippen molar-refractivity contribution < 1.29 is 14.3 Å². The van der Waals surface area contributed by atoms with Crippen LogP contribution in [0, 0.1) is 6.92 Å². The van der Waals surface area contributed by atoms with Crippen LogP contribution in [0.2, 0.25) is 0 Å². The molecule has 1 atom stereocenters. The second kappa shape index (κ2) is 6.63. The molecule has 0 saturated carbocycles. The number of nitrogens with one attached hydrogen (secondary N) is 1. The molecule has 108 valence electrons. The minimum absolute atomic E-state index is 0.150.